The summed E-state index contributed by atoms with van der Waals surface area (Å²) in [7, 11) is 0. The Hall–Kier alpha value is -2.19. The zero-order valence-corrected chi connectivity index (χ0v) is 18.5. The second kappa shape index (κ2) is 8.67. The van der Waals surface area contributed by atoms with Gasteiger partial charge in [0.25, 0.3) is 0 Å². The fraction of sp³-hybridized carbons (Fsp3) is 0.304. The third kappa shape index (κ3) is 4.70. The van der Waals surface area contributed by atoms with E-state index in [1.165, 1.54) is 5.56 Å². The van der Waals surface area contributed by atoms with Crippen LogP contribution >= 0.6 is 22.6 Å². The van der Waals surface area contributed by atoms with Crippen molar-refractivity contribution in [3.63, 3.8) is 0 Å². The minimum Gasteiger partial charge on any atom is -0.472 e. The summed E-state index contributed by atoms with van der Waals surface area (Å²) >= 11 is 2.38. The standard InChI is InChI=1S/C23H24IN3O2/c1-17-6-5-9-19(14-17)23(28)12-13-27(20(24)15-23)21-10-11-22(26-25-21)29-16-18-7-3-2-4-8-18/h2-11,14,20,28H,12-13,15-16H2,1H3. The zero-order chi connectivity index (χ0) is 20.3. The Labute approximate surface area is 184 Å². The number of benzene rings is 2. The van der Waals surface area contributed by atoms with Gasteiger partial charge in [-0.05, 0) is 30.5 Å². The Kier molecular flexibility index (Phi) is 6.01. The van der Waals surface area contributed by atoms with Gasteiger partial charge >= 0.3 is 0 Å². The molecular weight excluding hydrogens is 477 g/mol. The summed E-state index contributed by atoms with van der Waals surface area (Å²) in [6, 6.07) is 22.0. The van der Waals surface area contributed by atoms with E-state index in [4.69, 9.17) is 4.74 Å². The molecule has 0 amide bonds. The molecule has 2 aromatic carbocycles. The minimum atomic E-state index is -0.805. The fourth-order valence-electron chi connectivity index (χ4n) is 3.67. The third-order valence-corrected chi connectivity index (χ3v) is 6.43. The van der Waals surface area contributed by atoms with E-state index in [1.54, 1.807) is 0 Å². The number of piperidine rings is 1. The number of nitrogens with zero attached hydrogens (tertiary/aromatic N) is 3. The van der Waals surface area contributed by atoms with Crippen molar-refractivity contribution >= 4 is 28.4 Å². The van der Waals surface area contributed by atoms with Gasteiger partial charge in [0.15, 0.2) is 5.82 Å². The highest BCUT2D eigenvalue weighted by molar-refractivity contribution is 14.1. The Balaban J connectivity index is 1.40. The Morgan fingerprint density at radius 3 is 2.62 bits per heavy atom. The van der Waals surface area contributed by atoms with Gasteiger partial charge in [0, 0.05) is 19.0 Å². The Morgan fingerprint density at radius 1 is 1.10 bits per heavy atom. The number of aryl methyl sites for hydroxylation is 1. The second-order valence-corrected chi connectivity index (χ2v) is 8.92. The normalized spacial score (nSPS) is 21.8. The number of rotatable bonds is 5. The molecule has 0 saturated carbocycles. The molecule has 4 rings (SSSR count). The molecule has 0 radical (unpaired) electrons. The first kappa shape index (κ1) is 20.1. The lowest BCUT2D eigenvalue weighted by Gasteiger charge is -2.42. The first-order valence-corrected chi connectivity index (χ1v) is 11.0. The van der Waals surface area contributed by atoms with E-state index in [-0.39, 0.29) is 4.05 Å². The zero-order valence-electron chi connectivity index (χ0n) is 16.3. The van der Waals surface area contributed by atoms with E-state index in [0.717, 1.165) is 23.5 Å². The molecule has 0 bridgehead atoms. The lowest BCUT2D eigenvalue weighted by molar-refractivity contribution is 0.00960. The fourth-order valence-corrected chi connectivity index (χ4v) is 4.96. The van der Waals surface area contributed by atoms with Gasteiger partial charge in [-0.25, -0.2) is 0 Å². The number of hydrogen-bond acceptors (Lipinski definition) is 5. The number of hydrogen-bond donors (Lipinski definition) is 1. The molecule has 1 aliphatic heterocycles. The highest BCUT2D eigenvalue weighted by Gasteiger charge is 2.39. The number of aromatic nitrogens is 2. The maximum atomic E-state index is 11.2. The van der Waals surface area contributed by atoms with Crippen LogP contribution in [0.2, 0.25) is 0 Å². The first-order valence-electron chi connectivity index (χ1n) is 9.74. The first-order chi connectivity index (χ1) is 14.0. The quantitative estimate of drug-likeness (QED) is 0.315. The van der Waals surface area contributed by atoms with Crippen molar-refractivity contribution in [1.29, 1.82) is 0 Å². The molecule has 0 spiro atoms. The molecule has 5 nitrogen and oxygen atoms in total. The summed E-state index contributed by atoms with van der Waals surface area (Å²) in [4.78, 5) is 2.19. The van der Waals surface area contributed by atoms with Gasteiger partial charge in [0.05, 0.1) is 9.65 Å². The third-order valence-electron chi connectivity index (χ3n) is 5.32. The predicted octanol–water partition coefficient (Wildman–Crippen LogP) is 4.61. The number of aliphatic hydroxyl groups is 1. The van der Waals surface area contributed by atoms with Gasteiger partial charge < -0.3 is 14.7 Å². The highest BCUT2D eigenvalue weighted by Crippen LogP contribution is 2.39. The van der Waals surface area contributed by atoms with Gasteiger partial charge in [0.2, 0.25) is 5.88 Å². The molecule has 150 valence electrons. The van der Waals surface area contributed by atoms with Crippen LogP contribution in [0.1, 0.15) is 29.5 Å². The van der Waals surface area contributed by atoms with E-state index in [1.807, 2.05) is 54.6 Å². The van der Waals surface area contributed by atoms with Crippen LogP contribution in [-0.4, -0.2) is 25.9 Å². The van der Waals surface area contributed by atoms with Gasteiger partial charge in [0.1, 0.15) is 6.61 Å². The molecule has 1 aliphatic rings. The van der Waals surface area contributed by atoms with Crippen LogP contribution in [0.4, 0.5) is 5.82 Å². The Bertz CT molecular complexity index is 952. The van der Waals surface area contributed by atoms with Crippen LogP contribution < -0.4 is 9.64 Å². The maximum Gasteiger partial charge on any atom is 0.233 e. The summed E-state index contributed by atoms with van der Waals surface area (Å²) < 4.78 is 5.85. The monoisotopic (exact) mass is 501 g/mol. The highest BCUT2D eigenvalue weighted by atomic mass is 127. The maximum absolute atomic E-state index is 11.2. The molecule has 1 aromatic heterocycles. The van der Waals surface area contributed by atoms with Gasteiger partial charge in [-0.2, -0.15) is 0 Å². The SMILES string of the molecule is Cc1cccc(C2(O)CCN(c3ccc(OCc4ccccc4)nn3)C(I)C2)c1. The molecular formula is C23H24IN3O2. The van der Waals surface area contributed by atoms with Crippen LogP contribution in [0.3, 0.4) is 0 Å². The largest absolute Gasteiger partial charge is 0.472 e. The van der Waals surface area contributed by atoms with Crippen LogP contribution in [0.5, 0.6) is 5.88 Å². The van der Waals surface area contributed by atoms with Crippen molar-refractivity contribution in [2.75, 3.05) is 11.4 Å². The summed E-state index contributed by atoms with van der Waals surface area (Å²) in [6.45, 7) is 3.24. The molecule has 1 saturated heterocycles. The van der Waals surface area contributed by atoms with E-state index in [2.05, 4.69) is 56.7 Å². The number of alkyl halides is 1. The predicted molar refractivity (Wildman–Crippen MR) is 122 cm³/mol. The molecule has 2 unspecified atom stereocenters. The van der Waals surface area contributed by atoms with Crippen molar-refractivity contribution in [2.24, 2.45) is 0 Å². The van der Waals surface area contributed by atoms with Crippen molar-refractivity contribution in [3.05, 3.63) is 83.4 Å². The van der Waals surface area contributed by atoms with Crippen LogP contribution in [0.25, 0.3) is 0 Å². The van der Waals surface area contributed by atoms with Crippen LogP contribution in [-0.2, 0) is 12.2 Å². The Morgan fingerprint density at radius 2 is 1.93 bits per heavy atom. The molecule has 2 atom stereocenters. The smallest absolute Gasteiger partial charge is 0.233 e. The summed E-state index contributed by atoms with van der Waals surface area (Å²) in [5.41, 5.74) is 2.45. The van der Waals surface area contributed by atoms with Gasteiger partial charge in [-0.1, -0.05) is 82.8 Å². The van der Waals surface area contributed by atoms with Gasteiger partial charge in [-0.3, -0.25) is 0 Å². The minimum absolute atomic E-state index is 0.122. The molecule has 2 heterocycles. The van der Waals surface area contributed by atoms with Crippen molar-refractivity contribution in [2.45, 2.75) is 36.0 Å². The van der Waals surface area contributed by atoms with Crippen molar-refractivity contribution in [3.8, 4) is 5.88 Å². The van der Waals surface area contributed by atoms with Crippen LogP contribution in [0.15, 0.2) is 66.7 Å². The summed E-state index contributed by atoms with van der Waals surface area (Å²) in [5, 5.41) is 19.8. The van der Waals surface area contributed by atoms with Crippen LogP contribution in [0, 0.1) is 6.92 Å². The summed E-state index contributed by atoms with van der Waals surface area (Å²) in [5.74, 6) is 1.32. The van der Waals surface area contributed by atoms with Gasteiger partial charge in [-0.15, -0.1) is 10.2 Å². The summed E-state index contributed by atoms with van der Waals surface area (Å²) in [6.07, 6.45) is 1.30. The topological polar surface area (TPSA) is 58.5 Å². The molecule has 0 aliphatic carbocycles. The molecule has 1 fully saturated rings. The average molecular weight is 501 g/mol. The van der Waals surface area contributed by atoms with E-state index < -0.39 is 5.60 Å². The molecule has 3 aromatic rings. The average Bonchev–Trinajstić information content (AvgIpc) is 2.74. The van der Waals surface area contributed by atoms with E-state index in [0.29, 0.717) is 25.3 Å². The second-order valence-electron chi connectivity index (χ2n) is 7.49. The molecule has 6 heteroatoms. The lowest BCUT2D eigenvalue weighted by atomic mass is 9.84. The van der Waals surface area contributed by atoms with E-state index in [9.17, 15) is 5.11 Å². The van der Waals surface area contributed by atoms with Crippen molar-refractivity contribution < 1.29 is 9.84 Å². The molecule has 29 heavy (non-hydrogen) atoms. The van der Waals surface area contributed by atoms with Crippen molar-refractivity contribution in [1.82, 2.24) is 10.2 Å². The number of ether oxygens (including phenoxy) is 1. The lowest BCUT2D eigenvalue weighted by Crippen LogP contribution is -2.47. The number of halogens is 1. The van der Waals surface area contributed by atoms with E-state index >= 15 is 0 Å². The molecule has 1 N–H and O–H groups in total. The number of anilines is 1.